The SMILES string of the molecule is CCOC(=O)N1c2cc(C)c(C)cc2N(C(=O)c2cc(OC)c(OC)c(OC)c2)CC1CC. The number of fused-ring (bicyclic) bond motifs is 1. The molecule has 0 fully saturated rings. The average Bonchev–Trinajstić information content (AvgIpc) is 2.82. The molecule has 0 radical (unpaired) electrons. The molecule has 0 saturated heterocycles. The van der Waals surface area contributed by atoms with E-state index in [1.807, 2.05) is 32.9 Å². The molecule has 8 heteroatoms. The monoisotopic (exact) mass is 456 g/mol. The van der Waals surface area contributed by atoms with Crippen LogP contribution in [0.15, 0.2) is 24.3 Å². The largest absolute Gasteiger partial charge is 0.493 e. The molecule has 0 saturated carbocycles. The summed E-state index contributed by atoms with van der Waals surface area (Å²) in [6.45, 7) is 8.36. The first-order valence-electron chi connectivity index (χ1n) is 11.0. The minimum Gasteiger partial charge on any atom is -0.493 e. The van der Waals surface area contributed by atoms with Gasteiger partial charge in [0.15, 0.2) is 11.5 Å². The van der Waals surface area contributed by atoms with Crippen LogP contribution in [0.5, 0.6) is 17.2 Å². The molecule has 3 rings (SSSR count). The van der Waals surface area contributed by atoms with E-state index in [4.69, 9.17) is 18.9 Å². The Balaban J connectivity index is 2.15. The van der Waals surface area contributed by atoms with Gasteiger partial charge in [0.25, 0.3) is 5.91 Å². The van der Waals surface area contributed by atoms with Gasteiger partial charge in [0, 0.05) is 12.1 Å². The van der Waals surface area contributed by atoms with Gasteiger partial charge >= 0.3 is 6.09 Å². The summed E-state index contributed by atoms with van der Waals surface area (Å²) >= 11 is 0. The van der Waals surface area contributed by atoms with Crippen LogP contribution in [0.25, 0.3) is 0 Å². The lowest BCUT2D eigenvalue weighted by molar-refractivity contribution is 0.0980. The number of methoxy groups -OCH3 is 3. The Kier molecular flexibility index (Phi) is 7.36. The van der Waals surface area contributed by atoms with Crippen LogP contribution in [0, 0.1) is 13.8 Å². The Bertz CT molecular complexity index is 1030. The number of carbonyl (C=O) groups excluding carboxylic acids is 2. The molecule has 0 spiro atoms. The predicted octanol–water partition coefficient (Wildman–Crippen LogP) is 4.73. The number of anilines is 2. The second-order valence-corrected chi connectivity index (χ2v) is 7.89. The molecular formula is C25H32N2O6. The molecule has 2 aromatic carbocycles. The summed E-state index contributed by atoms with van der Waals surface area (Å²) in [6.07, 6.45) is 0.248. The van der Waals surface area contributed by atoms with Gasteiger partial charge in [-0.15, -0.1) is 0 Å². The van der Waals surface area contributed by atoms with Gasteiger partial charge in [-0.2, -0.15) is 0 Å². The number of rotatable bonds is 6. The molecule has 178 valence electrons. The fourth-order valence-corrected chi connectivity index (χ4v) is 4.09. The van der Waals surface area contributed by atoms with Gasteiger partial charge in [-0.05, 0) is 62.6 Å². The molecule has 1 heterocycles. The van der Waals surface area contributed by atoms with Crippen LogP contribution in [0.1, 0.15) is 41.8 Å². The standard InChI is InChI=1S/C25H32N2O6/c1-8-18-14-26(24(28)17-12-21(30-5)23(32-7)22(13-17)31-6)19-10-15(3)16(4)11-20(19)27(18)25(29)33-9-2/h10-13,18H,8-9,14H2,1-7H3. The highest BCUT2D eigenvalue weighted by Gasteiger charge is 2.38. The molecule has 33 heavy (non-hydrogen) atoms. The highest BCUT2D eigenvalue weighted by Crippen LogP contribution is 2.42. The Morgan fingerprint density at radius 2 is 1.48 bits per heavy atom. The van der Waals surface area contributed by atoms with Crippen molar-refractivity contribution in [1.29, 1.82) is 0 Å². The van der Waals surface area contributed by atoms with Crippen molar-refractivity contribution in [3.63, 3.8) is 0 Å². The highest BCUT2D eigenvalue weighted by molar-refractivity contribution is 6.11. The second kappa shape index (κ2) is 10.0. The maximum Gasteiger partial charge on any atom is 0.414 e. The van der Waals surface area contributed by atoms with E-state index in [-0.39, 0.29) is 18.6 Å². The predicted molar refractivity (Wildman–Crippen MR) is 127 cm³/mol. The van der Waals surface area contributed by atoms with E-state index in [0.29, 0.717) is 47.2 Å². The van der Waals surface area contributed by atoms with Crippen molar-refractivity contribution in [2.75, 3.05) is 44.3 Å². The summed E-state index contributed by atoms with van der Waals surface area (Å²) in [5.74, 6) is 0.998. The van der Waals surface area contributed by atoms with Crippen LogP contribution in [0.3, 0.4) is 0 Å². The Labute approximate surface area is 195 Å². The number of benzene rings is 2. The molecule has 1 atom stereocenters. The zero-order chi connectivity index (χ0) is 24.3. The second-order valence-electron chi connectivity index (χ2n) is 7.89. The lowest BCUT2D eigenvalue weighted by Gasteiger charge is -2.42. The van der Waals surface area contributed by atoms with Crippen LogP contribution in [-0.4, -0.2) is 52.5 Å². The fraction of sp³-hybridized carbons (Fsp3) is 0.440. The zero-order valence-electron chi connectivity index (χ0n) is 20.4. The molecule has 0 aliphatic carbocycles. The van der Waals surface area contributed by atoms with Gasteiger partial charge in [0.1, 0.15) is 0 Å². The summed E-state index contributed by atoms with van der Waals surface area (Å²) in [5, 5.41) is 0. The molecular weight excluding hydrogens is 424 g/mol. The third kappa shape index (κ3) is 4.42. The number of hydrogen-bond donors (Lipinski definition) is 0. The van der Waals surface area contributed by atoms with Gasteiger partial charge < -0.3 is 23.8 Å². The molecule has 0 N–H and O–H groups in total. The molecule has 2 amide bonds. The van der Waals surface area contributed by atoms with Gasteiger partial charge in [-0.25, -0.2) is 4.79 Å². The molecule has 0 aromatic heterocycles. The van der Waals surface area contributed by atoms with Crippen molar-refractivity contribution in [2.45, 2.75) is 40.2 Å². The summed E-state index contributed by atoms with van der Waals surface area (Å²) in [5.41, 5.74) is 3.77. The van der Waals surface area contributed by atoms with Gasteiger partial charge in [-0.3, -0.25) is 9.69 Å². The van der Waals surface area contributed by atoms with Crippen LogP contribution in [0.2, 0.25) is 0 Å². The lowest BCUT2D eigenvalue weighted by atomic mass is 9.99. The minimum absolute atomic E-state index is 0.222. The van der Waals surface area contributed by atoms with E-state index < -0.39 is 6.09 Å². The third-order valence-corrected chi connectivity index (χ3v) is 5.99. The van der Waals surface area contributed by atoms with Crippen LogP contribution in [0.4, 0.5) is 16.2 Å². The Hall–Kier alpha value is -3.42. The number of ether oxygens (including phenoxy) is 4. The van der Waals surface area contributed by atoms with E-state index in [0.717, 1.165) is 11.1 Å². The molecule has 2 aromatic rings. The summed E-state index contributed by atoms with van der Waals surface area (Å²) in [7, 11) is 4.54. The van der Waals surface area contributed by atoms with Crippen LogP contribution < -0.4 is 24.0 Å². The highest BCUT2D eigenvalue weighted by atomic mass is 16.6. The smallest absolute Gasteiger partial charge is 0.414 e. The lowest BCUT2D eigenvalue weighted by Crippen LogP contribution is -2.53. The Morgan fingerprint density at radius 1 is 0.909 bits per heavy atom. The van der Waals surface area contributed by atoms with Crippen molar-refractivity contribution in [2.24, 2.45) is 0 Å². The first-order chi connectivity index (χ1) is 15.8. The maximum absolute atomic E-state index is 13.8. The van der Waals surface area contributed by atoms with Gasteiger partial charge in [0.05, 0.1) is 45.4 Å². The number of amides is 2. The van der Waals surface area contributed by atoms with Gasteiger partial charge in [0.2, 0.25) is 5.75 Å². The molecule has 1 aliphatic rings. The fourth-order valence-electron chi connectivity index (χ4n) is 4.09. The van der Waals surface area contributed by atoms with E-state index in [1.54, 1.807) is 28.9 Å². The number of carbonyl (C=O) groups is 2. The van der Waals surface area contributed by atoms with Crippen molar-refractivity contribution in [3.05, 3.63) is 41.0 Å². The normalized spacial score (nSPS) is 15.1. The molecule has 1 unspecified atom stereocenters. The number of nitrogens with zero attached hydrogens (tertiary/aromatic N) is 2. The Morgan fingerprint density at radius 3 is 1.97 bits per heavy atom. The zero-order valence-corrected chi connectivity index (χ0v) is 20.4. The first-order valence-corrected chi connectivity index (χ1v) is 11.0. The summed E-state index contributed by atoms with van der Waals surface area (Å²) < 4.78 is 21.6. The molecule has 8 nitrogen and oxygen atoms in total. The first kappa shape index (κ1) is 24.2. The van der Waals surface area contributed by atoms with Crippen LogP contribution >= 0.6 is 0 Å². The molecule has 1 aliphatic heterocycles. The van der Waals surface area contributed by atoms with Crippen LogP contribution in [-0.2, 0) is 4.74 Å². The average molecular weight is 457 g/mol. The van der Waals surface area contributed by atoms with Crippen molar-refractivity contribution in [1.82, 2.24) is 0 Å². The van der Waals surface area contributed by atoms with E-state index >= 15 is 0 Å². The number of aryl methyl sites for hydroxylation is 2. The number of hydrogen-bond acceptors (Lipinski definition) is 6. The topological polar surface area (TPSA) is 77.5 Å². The van der Waals surface area contributed by atoms with Crippen molar-refractivity contribution < 1.29 is 28.5 Å². The van der Waals surface area contributed by atoms with E-state index in [2.05, 4.69) is 0 Å². The van der Waals surface area contributed by atoms with E-state index in [9.17, 15) is 9.59 Å². The minimum atomic E-state index is -0.409. The van der Waals surface area contributed by atoms with E-state index in [1.165, 1.54) is 21.3 Å². The van der Waals surface area contributed by atoms with Gasteiger partial charge in [-0.1, -0.05) is 6.92 Å². The quantitative estimate of drug-likeness (QED) is 0.625. The summed E-state index contributed by atoms with van der Waals surface area (Å²) in [4.78, 5) is 30.0. The molecule has 0 bridgehead atoms. The summed E-state index contributed by atoms with van der Waals surface area (Å²) in [6, 6.07) is 6.94. The van der Waals surface area contributed by atoms with Crippen molar-refractivity contribution >= 4 is 23.4 Å². The third-order valence-electron chi connectivity index (χ3n) is 5.99. The van der Waals surface area contributed by atoms with Crippen molar-refractivity contribution in [3.8, 4) is 17.2 Å². The maximum atomic E-state index is 13.8.